The van der Waals surface area contributed by atoms with Gasteiger partial charge < -0.3 is 15.1 Å². The first-order valence-electron chi connectivity index (χ1n) is 3.75. The summed E-state index contributed by atoms with van der Waals surface area (Å²) in [7, 11) is 0. The van der Waals surface area contributed by atoms with Crippen molar-refractivity contribution in [2.24, 2.45) is 0 Å². The third-order valence-corrected chi connectivity index (χ3v) is 1.57. The first kappa shape index (κ1) is 9.88. The fourth-order valence-corrected chi connectivity index (χ4v) is 0.838. The molecular formula is C7H17NO2. The topological polar surface area (TPSA) is 43.7 Å². The van der Waals surface area contributed by atoms with Gasteiger partial charge in [-0.25, -0.2) is 0 Å². The second-order valence-electron chi connectivity index (χ2n) is 2.32. The molecule has 0 saturated heterocycles. The quantitative estimate of drug-likeness (QED) is 0.560. The van der Waals surface area contributed by atoms with Gasteiger partial charge in [0.2, 0.25) is 0 Å². The van der Waals surface area contributed by atoms with Crippen LogP contribution in [0.15, 0.2) is 0 Å². The van der Waals surface area contributed by atoms with Crippen LogP contribution in [0.3, 0.4) is 0 Å². The monoisotopic (exact) mass is 147 g/mol. The molecule has 0 aromatic carbocycles. The number of likely N-dealkylation sites (N-methyl/N-ethyl adjacent to an activating group) is 1. The molecule has 1 atom stereocenters. The van der Waals surface area contributed by atoms with Crippen LogP contribution >= 0.6 is 0 Å². The summed E-state index contributed by atoms with van der Waals surface area (Å²) in [6, 6.07) is 0. The molecule has 3 nitrogen and oxygen atoms in total. The molecule has 0 amide bonds. The molecule has 0 aromatic rings. The Morgan fingerprint density at radius 3 is 2.10 bits per heavy atom. The molecule has 62 valence electrons. The zero-order valence-corrected chi connectivity index (χ0v) is 6.75. The summed E-state index contributed by atoms with van der Waals surface area (Å²) >= 11 is 0. The van der Waals surface area contributed by atoms with Crippen LogP contribution in [0.25, 0.3) is 0 Å². The minimum absolute atomic E-state index is 0.142. The summed E-state index contributed by atoms with van der Waals surface area (Å²) in [5, 5.41) is 17.5. The predicted molar refractivity (Wildman–Crippen MR) is 40.9 cm³/mol. The van der Waals surface area contributed by atoms with Crippen molar-refractivity contribution in [1.82, 2.24) is 4.90 Å². The van der Waals surface area contributed by atoms with Gasteiger partial charge in [0.25, 0.3) is 0 Å². The molecule has 0 aliphatic heterocycles. The third kappa shape index (κ3) is 3.82. The molecule has 0 spiro atoms. The first-order chi connectivity index (χ1) is 4.74. The van der Waals surface area contributed by atoms with Crippen molar-refractivity contribution >= 4 is 0 Å². The lowest BCUT2D eigenvalue weighted by molar-refractivity contribution is 0.0623. The van der Waals surface area contributed by atoms with Gasteiger partial charge in [-0.15, -0.1) is 0 Å². The Kier molecular flexibility index (Phi) is 5.58. The second-order valence-corrected chi connectivity index (χ2v) is 2.32. The Balaban J connectivity index is 3.41. The Hall–Kier alpha value is -0.120. The van der Waals surface area contributed by atoms with E-state index in [1.54, 1.807) is 0 Å². The van der Waals surface area contributed by atoms with Gasteiger partial charge in [-0.2, -0.15) is 0 Å². The lowest BCUT2D eigenvalue weighted by atomic mass is 10.3. The minimum Gasteiger partial charge on any atom is -0.394 e. The maximum Gasteiger partial charge on any atom is 0.0897 e. The average Bonchev–Trinajstić information content (AvgIpc) is 1.99. The number of aliphatic hydroxyl groups is 2. The molecular weight excluding hydrogens is 130 g/mol. The van der Waals surface area contributed by atoms with Crippen molar-refractivity contribution in [3.05, 3.63) is 0 Å². The lowest BCUT2D eigenvalue weighted by Gasteiger charge is -2.20. The SMILES string of the molecule is CCN(CC)CC(O)CO. The summed E-state index contributed by atoms with van der Waals surface area (Å²) in [5.41, 5.74) is 0. The number of hydrogen-bond acceptors (Lipinski definition) is 3. The van der Waals surface area contributed by atoms with E-state index in [-0.39, 0.29) is 6.61 Å². The molecule has 0 radical (unpaired) electrons. The highest BCUT2D eigenvalue weighted by Crippen LogP contribution is 1.90. The van der Waals surface area contributed by atoms with E-state index in [0.29, 0.717) is 6.54 Å². The zero-order valence-electron chi connectivity index (χ0n) is 6.75. The standard InChI is InChI=1S/C7H17NO2/c1-3-8(4-2)5-7(10)6-9/h7,9-10H,3-6H2,1-2H3. The van der Waals surface area contributed by atoms with Gasteiger partial charge in [0.15, 0.2) is 0 Å². The van der Waals surface area contributed by atoms with Gasteiger partial charge in [-0.1, -0.05) is 13.8 Å². The maximum atomic E-state index is 9.00. The smallest absolute Gasteiger partial charge is 0.0897 e. The van der Waals surface area contributed by atoms with Crippen LogP contribution in [0.1, 0.15) is 13.8 Å². The van der Waals surface area contributed by atoms with E-state index in [4.69, 9.17) is 10.2 Å². The molecule has 0 fully saturated rings. The minimum atomic E-state index is -0.583. The van der Waals surface area contributed by atoms with Crippen LogP contribution < -0.4 is 0 Å². The highest BCUT2D eigenvalue weighted by molar-refractivity contribution is 4.59. The normalized spacial score (nSPS) is 14.1. The van der Waals surface area contributed by atoms with Crippen molar-refractivity contribution in [3.63, 3.8) is 0 Å². The predicted octanol–water partition coefficient (Wildman–Crippen LogP) is -0.319. The highest BCUT2D eigenvalue weighted by Gasteiger charge is 2.05. The van der Waals surface area contributed by atoms with E-state index >= 15 is 0 Å². The van der Waals surface area contributed by atoms with Crippen LogP contribution in [-0.4, -0.2) is 47.5 Å². The van der Waals surface area contributed by atoms with Crippen LogP contribution in [0.4, 0.5) is 0 Å². The Morgan fingerprint density at radius 2 is 1.80 bits per heavy atom. The molecule has 3 heteroatoms. The molecule has 0 aromatic heterocycles. The van der Waals surface area contributed by atoms with Crippen molar-refractivity contribution in [2.45, 2.75) is 20.0 Å². The molecule has 10 heavy (non-hydrogen) atoms. The maximum absolute atomic E-state index is 9.00. The van der Waals surface area contributed by atoms with Crippen LogP contribution in [0, 0.1) is 0 Å². The number of hydrogen-bond donors (Lipinski definition) is 2. The van der Waals surface area contributed by atoms with E-state index in [2.05, 4.69) is 4.90 Å². The first-order valence-corrected chi connectivity index (χ1v) is 3.75. The molecule has 0 saturated carbocycles. The number of aliphatic hydroxyl groups excluding tert-OH is 2. The Bertz CT molecular complexity index is 74.0. The van der Waals surface area contributed by atoms with Crippen LogP contribution in [-0.2, 0) is 0 Å². The van der Waals surface area contributed by atoms with E-state index in [0.717, 1.165) is 13.1 Å². The van der Waals surface area contributed by atoms with Crippen LogP contribution in [0.2, 0.25) is 0 Å². The van der Waals surface area contributed by atoms with Gasteiger partial charge in [0.05, 0.1) is 12.7 Å². The lowest BCUT2D eigenvalue weighted by Crippen LogP contribution is -2.33. The average molecular weight is 147 g/mol. The zero-order chi connectivity index (χ0) is 7.98. The summed E-state index contributed by atoms with van der Waals surface area (Å²) in [5.74, 6) is 0. The summed E-state index contributed by atoms with van der Waals surface area (Å²) in [6.07, 6.45) is -0.583. The van der Waals surface area contributed by atoms with Gasteiger partial charge in [-0.3, -0.25) is 0 Å². The largest absolute Gasteiger partial charge is 0.394 e. The summed E-state index contributed by atoms with van der Waals surface area (Å²) in [4.78, 5) is 2.07. The van der Waals surface area contributed by atoms with E-state index in [1.807, 2.05) is 13.8 Å². The number of rotatable bonds is 5. The van der Waals surface area contributed by atoms with Gasteiger partial charge in [0, 0.05) is 6.54 Å². The van der Waals surface area contributed by atoms with Crippen molar-refractivity contribution < 1.29 is 10.2 Å². The molecule has 0 aliphatic rings. The molecule has 0 heterocycles. The van der Waals surface area contributed by atoms with Gasteiger partial charge in [-0.05, 0) is 13.1 Å². The van der Waals surface area contributed by atoms with Crippen molar-refractivity contribution in [3.8, 4) is 0 Å². The van der Waals surface area contributed by atoms with Gasteiger partial charge >= 0.3 is 0 Å². The second kappa shape index (κ2) is 5.65. The van der Waals surface area contributed by atoms with E-state index in [1.165, 1.54) is 0 Å². The van der Waals surface area contributed by atoms with Crippen LogP contribution in [0.5, 0.6) is 0 Å². The fourth-order valence-electron chi connectivity index (χ4n) is 0.838. The van der Waals surface area contributed by atoms with E-state index in [9.17, 15) is 0 Å². The van der Waals surface area contributed by atoms with E-state index < -0.39 is 6.10 Å². The molecule has 0 rings (SSSR count). The van der Waals surface area contributed by atoms with Crippen molar-refractivity contribution in [2.75, 3.05) is 26.2 Å². The Labute approximate surface area is 62.3 Å². The molecule has 0 bridgehead atoms. The third-order valence-electron chi connectivity index (χ3n) is 1.57. The molecule has 0 aliphatic carbocycles. The van der Waals surface area contributed by atoms with Gasteiger partial charge in [0.1, 0.15) is 0 Å². The molecule has 2 N–H and O–H groups in total. The Morgan fingerprint density at radius 1 is 1.30 bits per heavy atom. The highest BCUT2D eigenvalue weighted by atomic mass is 16.3. The summed E-state index contributed by atoms with van der Waals surface area (Å²) < 4.78 is 0. The summed E-state index contributed by atoms with van der Waals surface area (Å²) in [6.45, 7) is 6.35. The number of nitrogens with zero attached hydrogens (tertiary/aromatic N) is 1. The van der Waals surface area contributed by atoms with Crippen molar-refractivity contribution in [1.29, 1.82) is 0 Å². The molecule has 1 unspecified atom stereocenters. The fraction of sp³-hybridized carbons (Fsp3) is 1.00.